The van der Waals surface area contributed by atoms with E-state index in [1.54, 1.807) is 7.11 Å². The molecule has 2 aromatic rings. The van der Waals surface area contributed by atoms with Gasteiger partial charge in [0.15, 0.2) is 0 Å². The van der Waals surface area contributed by atoms with Crippen molar-refractivity contribution < 1.29 is 4.74 Å². The molecule has 0 aliphatic carbocycles. The molecule has 0 aliphatic heterocycles. The third-order valence-corrected chi connectivity index (χ3v) is 4.08. The lowest BCUT2D eigenvalue weighted by molar-refractivity contribution is 0.413. The number of rotatable bonds is 6. The van der Waals surface area contributed by atoms with Crippen LogP contribution in [0.1, 0.15) is 29.2 Å². The average Bonchev–Trinajstić information content (AvgIpc) is 2.51. The summed E-state index contributed by atoms with van der Waals surface area (Å²) >= 11 is 6.09. The maximum absolute atomic E-state index is 6.09. The van der Waals surface area contributed by atoms with Crippen LogP contribution >= 0.6 is 11.6 Å². The van der Waals surface area contributed by atoms with Gasteiger partial charge in [-0.1, -0.05) is 47.5 Å². The van der Waals surface area contributed by atoms with Crippen molar-refractivity contribution in [3.63, 3.8) is 0 Å². The Hall–Kier alpha value is -1.51. The molecular weight excluding hydrogens is 282 g/mol. The highest BCUT2D eigenvalue weighted by Crippen LogP contribution is 2.29. The third-order valence-electron chi connectivity index (χ3n) is 3.77. The van der Waals surface area contributed by atoms with Crippen molar-refractivity contribution in [3.8, 4) is 5.75 Å². The molecule has 1 N–H and O–H groups in total. The maximum Gasteiger partial charge on any atom is 0.137 e. The fourth-order valence-corrected chi connectivity index (χ4v) is 2.63. The molecule has 3 heteroatoms. The molecule has 1 unspecified atom stereocenters. The van der Waals surface area contributed by atoms with E-state index in [2.05, 4.69) is 42.6 Å². The fourth-order valence-electron chi connectivity index (χ4n) is 2.44. The SMILES string of the molecule is CNC(CCc1ccc(C)cc1)c1ccc(Cl)c(OC)c1. The Morgan fingerprint density at radius 3 is 2.48 bits per heavy atom. The van der Waals surface area contributed by atoms with Gasteiger partial charge in [0.05, 0.1) is 12.1 Å². The first-order valence-corrected chi connectivity index (χ1v) is 7.58. The molecule has 0 fully saturated rings. The first-order valence-electron chi connectivity index (χ1n) is 7.20. The lowest BCUT2D eigenvalue weighted by Crippen LogP contribution is -2.17. The van der Waals surface area contributed by atoms with Gasteiger partial charge in [0.25, 0.3) is 0 Å². The van der Waals surface area contributed by atoms with Gasteiger partial charge in [0.2, 0.25) is 0 Å². The van der Waals surface area contributed by atoms with Gasteiger partial charge in [-0.25, -0.2) is 0 Å². The highest BCUT2D eigenvalue weighted by molar-refractivity contribution is 6.32. The summed E-state index contributed by atoms with van der Waals surface area (Å²) in [6.45, 7) is 2.11. The topological polar surface area (TPSA) is 21.3 Å². The summed E-state index contributed by atoms with van der Waals surface area (Å²) in [7, 11) is 3.63. The second-order valence-corrected chi connectivity index (χ2v) is 5.67. The highest BCUT2D eigenvalue weighted by atomic mass is 35.5. The Bertz CT molecular complexity index is 580. The second kappa shape index (κ2) is 7.48. The molecule has 0 heterocycles. The van der Waals surface area contributed by atoms with E-state index < -0.39 is 0 Å². The zero-order valence-corrected chi connectivity index (χ0v) is 13.6. The van der Waals surface area contributed by atoms with Gasteiger partial charge in [-0.2, -0.15) is 0 Å². The van der Waals surface area contributed by atoms with E-state index in [1.807, 2.05) is 19.2 Å². The predicted molar refractivity (Wildman–Crippen MR) is 89.3 cm³/mol. The first kappa shape index (κ1) is 15.9. The molecule has 0 spiro atoms. The molecule has 2 rings (SSSR count). The number of aryl methyl sites for hydroxylation is 2. The highest BCUT2D eigenvalue weighted by Gasteiger charge is 2.12. The van der Waals surface area contributed by atoms with Crippen LogP contribution in [0.3, 0.4) is 0 Å². The standard InChI is InChI=1S/C18H22ClNO/c1-13-4-6-14(7-5-13)8-11-17(20-2)15-9-10-16(19)18(12-15)21-3/h4-7,9-10,12,17,20H,8,11H2,1-3H3. The summed E-state index contributed by atoms with van der Waals surface area (Å²) in [6.07, 6.45) is 2.07. The summed E-state index contributed by atoms with van der Waals surface area (Å²) in [4.78, 5) is 0. The second-order valence-electron chi connectivity index (χ2n) is 5.26. The van der Waals surface area contributed by atoms with Crippen molar-refractivity contribution in [2.24, 2.45) is 0 Å². The maximum atomic E-state index is 6.09. The normalized spacial score (nSPS) is 12.2. The number of halogens is 1. The van der Waals surface area contributed by atoms with Gasteiger partial charge in [0.1, 0.15) is 5.75 Å². The minimum absolute atomic E-state index is 0.289. The van der Waals surface area contributed by atoms with Gasteiger partial charge in [-0.15, -0.1) is 0 Å². The van der Waals surface area contributed by atoms with Crippen LogP contribution < -0.4 is 10.1 Å². The van der Waals surface area contributed by atoms with Gasteiger partial charge in [0, 0.05) is 6.04 Å². The van der Waals surface area contributed by atoms with Gasteiger partial charge < -0.3 is 10.1 Å². The van der Waals surface area contributed by atoms with E-state index in [1.165, 1.54) is 16.7 Å². The molecule has 0 radical (unpaired) electrons. The van der Waals surface area contributed by atoms with Crippen LogP contribution in [0.4, 0.5) is 0 Å². The van der Waals surface area contributed by atoms with E-state index in [0.29, 0.717) is 5.02 Å². The zero-order valence-electron chi connectivity index (χ0n) is 12.8. The van der Waals surface area contributed by atoms with Crippen LogP contribution in [0.25, 0.3) is 0 Å². The Morgan fingerprint density at radius 2 is 1.86 bits per heavy atom. The van der Waals surface area contributed by atoms with Crippen molar-refractivity contribution in [1.82, 2.24) is 5.32 Å². The lowest BCUT2D eigenvalue weighted by atomic mass is 9.98. The number of benzene rings is 2. The number of hydrogen-bond donors (Lipinski definition) is 1. The molecule has 0 saturated heterocycles. The summed E-state index contributed by atoms with van der Waals surface area (Å²) in [5.41, 5.74) is 3.86. The summed E-state index contributed by atoms with van der Waals surface area (Å²) in [5.74, 6) is 0.727. The number of ether oxygens (including phenoxy) is 1. The number of nitrogens with one attached hydrogen (secondary N) is 1. The Balaban J connectivity index is 2.07. The number of methoxy groups -OCH3 is 1. The molecular formula is C18H22ClNO. The van der Waals surface area contributed by atoms with Crippen LogP contribution in [-0.2, 0) is 6.42 Å². The van der Waals surface area contributed by atoms with E-state index >= 15 is 0 Å². The van der Waals surface area contributed by atoms with E-state index in [4.69, 9.17) is 16.3 Å². The van der Waals surface area contributed by atoms with Crippen LogP contribution in [0.15, 0.2) is 42.5 Å². The van der Waals surface area contributed by atoms with Crippen LogP contribution in [-0.4, -0.2) is 14.2 Å². The van der Waals surface area contributed by atoms with E-state index in [-0.39, 0.29) is 6.04 Å². The largest absolute Gasteiger partial charge is 0.495 e. The predicted octanol–water partition coefficient (Wildman–Crippen LogP) is 4.55. The van der Waals surface area contributed by atoms with Crippen LogP contribution in [0.2, 0.25) is 5.02 Å². The van der Waals surface area contributed by atoms with Crippen LogP contribution in [0.5, 0.6) is 5.75 Å². The fraction of sp³-hybridized carbons (Fsp3) is 0.333. The zero-order chi connectivity index (χ0) is 15.2. The summed E-state index contributed by atoms with van der Waals surface area (Å²) < 4.78 is 5.30. The quantitative estimate of drug-likeness (QED) is 0.845. The van der Waals surface area contributed by atoms with Crippen LogP contribution in [0, 0.1) is 6.92 Å². The van der Waals surface area contributed by atoms with Gasteiger partial charge in [-0.05, 0) is 50.1 Å². The lowest BCUT2D eigenvalue weighted by Gasteiger charge is -2.18. The minimum atomic E-state index is 0.289. The molecule has 0 aliphatic rings. The Kier molecular flexibility index (Phi) is 5.66. The molecule has 0 bridgehead atoms. The molecule has 1 atom stereocenters. The molecule has 0 aromatic heterocycles. The van der Waals surface area contributed by atoms with Crippen molar-refractivity contribution in [2.75, 3.05) is 14.2 Å². The van der Waals surface area contributed by atoms with Crippen molar-refractivity contribution >= 4 is 11.6 Å². The van der Waals surface area contributed by atoms with Crippen molar-refractivity contribution in [2.45, 2.75) is 25.8 Å². The van der Waals surface area contributed by atoms with Gasteiger partial charge in [-0.3, -0.25) is 0 Å². The Morgan fingerprint density at radius 1 is 1.14 bits per heavy atom. The molecule has 2 nitrogen and oxygen atoms in total. The van der Waals surface area contributed by atoms with Crippen molar-refractivity contribution in [3.05, 3.63) is 64.2 Å². The molecule has 2 aromatic carbocycles. The smallest absolute Gasteiger partial charge is 0.137 e. The summed E-state index contributed by atoms with van der Waals surface area (Å²) in [6, 6.07) is 15.0. The first-order chi connectivity index (χ1) is 10.1. The molecule has 112 valence electrons. The molecule has 0 saturated carbocycles. The van der Waals surface area contributed by atoms with Crippen molar-refractivity contribution in [1.29, 1.82) is 0 Å². The summed E-state index contributed by atoms with van der Waals surface area (Å²) in [5, 5.41) is 4.02. The molecule has 0 amide bonds. The van der Waals surface area contributed by atoms with Gasteiger partial charge >= 0.3 is 0 Å². The Labute approximate surface area is 132 Å². The average molecular weight is 304 g/mol. The molecule has 21 heavy (non-hydrogen) atoms. The monoisotopic (exact) mass is 303 g/mol. The third kappa shape index (κ3) is 4.23. The van der Waals surface area contributed by atoms with E-state index in [9.17, 15) is 0 Å². The minimum Gasteiger partial charge on any atom is -0.495 e. The van der Waals surface area contributed by atoms with E-state index in [0.717, 1.165) is 18.6 Å². The number of hydrogen-bond acceptors (Lipinski definition) is 2.